The van der Waals surface area contributed by atoms with Crippen LogP contribution in [0.15, 0.2) is 0 Å². The lowest BCUT2D eigenvalue weighted by atomic mass is 9.56. The van der Waals surface area contributed by atoms with Gasteiger partial charge in [0.05, 0.1) is 0 Å². The topological polar surface area (TPSA) is 0 Å². The average molecular weight is 154 g/mol. The molecule has 0 aromatic rings. The summed E-state index contributed by atoms with van der Waals surface area (Å²) in [6.45, 7) is 9.53. The van der Waals surface area contributed by atoms with E-state index in [0.717, 1.165) is 11.8 Å². The maximum Gasteiger partial charge on any atom is -0.0295 e. The Morgan fingerprint density at radius 2 is 2.09 bits per heavy atom. The second-order valence-corrected chi connectivity index (χ2v) is 4.79. The molecule has 0 amide bonds. The second-order valence-electron chi connectivity index (χ2n) is 4.79. The van der Waals surface area contributed by atoms with E-state index in [1.165, 1.54) is 25.7 Å². The van der Waals surface area contributed by atoms with Gasteiger partial charge in [-0.15, -0.1) is 0 Å². The lowest BCUT2D eigenvalue weighted by Crippen LogP contribution is -2.40. The summed E-state index contributed by atoms with van der Waals surface area (Å²) in [5.41, 5.74) is 0.711. The Kier molecular flexibility index (Phi) is 2.61. The van der Waals surface area contributed by atoms with Crippen LogP contribution >= 0.6 is 0 Å². The van der Waals surface area contributed by atoms with E-state index in [1.807, 2.05) is 0 Å². The summed E-state index contributed by atoms with van der Waals surface area (Å²) in [6, 6.07) is 0. The average Bonchev–Trinajstić information content (AvgIpc) is 1.85. The minimum atomic E-state index is 0.711. The predicted octanol–water partition coefficient (Wildman–Crippen LogP) is 3.86. The maximum atomic E-state index is 2.48. The van der Waals surface area contributed by atoms with Crippen molar-refractivity contribution in [1.29, 1.82) is 0 Å². The van der Waals surface area contributed by atoms with Crippen LogP contribution in [0.3, 0.4) is 0 Å². The zero-order chi connectivity index (χ0) is 8.48. The molecule has 1 fully saturated rings. The van der Waals surface area contributed by atoms with E-state index in [9.17, 15) is 0 Å². The molecule has 1 saturated carbocycles. The summed E-state index contributed by atoms with van der Waals surface area (Å²) in [4.78, 5) is 0. The Labute approximate surface area is 71.4 Å². The van der Waals surface area contributed by atoms with E-state index in [-0.39, 0.29) is 0 Å². The summed E-state index contributed by atoms with van der Waals surface area (Å²) in [5, 5.41) is 0. The van der Waals surface area contributed by atoms with Crippen LogP contribution in [-0.4, -0.2) is 0 Å². The molecule has 0 bridgehead atoms. The van der Waals surface area contributed by atoms with E-state index < -0.39 is 0 Å². The molecular weight excluding hydrogens is 132 g/mol. The van der Waals surface area contributed by atoms with Crippen LogP contribution in [0.5, 0.6) is 0 Å². The van der Waals surface area contributed by atoms with E-state index >= 15 is 0 Å². The number of hydrogen-bond donors (Lipinski definition) is 0. The summed E-state index contributed by atoms with van der Waals surface area (Å²) in [5.74, 6) is 1.92. The van der Waals surface area contributed by atoms with Gasteiger partial charge in [-0.25, -0.2) is 0 Å². The highest BCUT2D eigenvalue weighted by Gasteiger charge is 2.42. The molecule has 0 N–H and O–H groups in total. The molecule has 0 heterocycles. The summed E-state index contributed by atoms with van der Waals surface area (Å²) in [7, 11) is 0. The minimum Gasteiger partial charge on any atom is -0.0654 e. The fraction of sp³-hybridized carbons (Fsp3) is 1.00. The van der Waals surface area contributed by atoms with Gasteiger partial charge in [0.1, 0.15) is 0 Å². The van der Waals surface area contributed by atoms with E-state index in [1.54, 1.807) is 0 Å². The predicted molar refractivity (Wildman–Crippen MR) is 50.6 cm³/mol. The molecule has 0 heteroatoms. The molecular formula is C11H22. The van der Waals surface area contributed by atoms with Crippen molar-refractivity contribution in [2.45, 2.75) is 53.4 Å². The van der Waals surface area contributed by atoms with Gasteiger partial charge in [-0.1, -0.05) is 34.1 Å². The standard InChI is InChI=1S/C11H22/c1-5-7-11(4)8-6-10(11)9(2)3/h9-10H,5-8H2,1-4H3. The molecule has 0 spiro atoms. The third-order valence-corrected chi connectivity index (χ3v) is 3.55. The molecule has 0 radical (unpaired) electrons. The van der Waals surface area contributed by atoms with E-state index in [0.29, 0.717) is 5.41 Å². The minimum absolute atomic E-state index is 0.711. The third kappa shape index (κ3) is 1.60. The Morgan fingerprint density at radius 3 is 2.36 bits per heavy atom. The van der Waals surface area contributed by atoms with Crippen LogP contribution in [0.4, 0.5) is 0 Å². The van der Waals surface area contributed by atoms with Gasteiger partial charge in [-0.05, 0) is 36.5 Å². The van der Waals surface area contributed by atoms with Crippen molar-refractivity contribution in [3.05, 3.63) is 0 Å². The van der Waals surface area contributed by atoms with Gasteiger partial charge in [-0.3, -0.25) is 0 Å². The molecule has 1 aliphatic rings. The largest absolute Gasteiger partial charge is 0.0654 e. The van der Waals surface area contributed by atoms with Crippen molar-refractivity contribution < 1.29 is 0 Å². The molecule has 0 aliphatic heterocycles. The molecule has 0 aromatic carbocycles. The summed E-state index contributed by atoms with van der Waals surface area (Å²) < 4.78 is 0. The van der Waals surface area contributed by atoms with Gasteiger partial charge in [0.2, 0.25) is 0 Å². The fourth-order valence-corrected chi connectivity index (χ4v) is 2.82. The highest BCUT2D eigenvalue weighted by Crippen LogP contribution is 2.52. The number of rotatable bonds is 3. The first-order chi connectivity index (χ1) is 5.10. The summed E-state index contributed by atoms with van der Waals surface area (Å²) in [6.07, 6.45) is 5.76. The monoisotopic (exact) mass is 154 g/mol. The SMILES string of the molecule is CCCC1(C)CCC1C(C)C. The van der Waals surface area contributed by atoms with Crippen LogP contribution in [0.1, 0.15) is 53.4 Å². The van der Waals surface area contributed by atoms with Gasteiger partial charge in [0.15, 0.2) is 0 Å². The fourth-order valence-electron chi connectivity index (χ4n) is 2.82. The molecule has 66 valence electrons. The Hall–Kier alpha value is 0. The Bertz CT molecular complexity index is 126. The smallest absolute Gasteiger partial charge is 0.0295 e. The maximum absolute atomic E-state index is 2.48. The van der Waals surface area contributed by atoms with Gasteiger partial charge in [0.25, 0.3) is 0 Å². The molecule has 1 aliphatic carbocycles. The molecule has 0 nitrogen and oxygen atoms in total. The Balaban J connectivity index is 2.45. The highest BCUT2D eigenvalue weighted by molar-refractivity contribution is 4.92. The zero-order valence-electron chi connectivity index (χ0n) is 8.48. The van der Waals surface area contributed by atoms with Gasteiger partial charge in [-0.2, -0.15) is 0 Å². The third-order valence-electron chi connectivity index (χ3n) is 3.55. The van der Waals surface area contributed by atoms with E-state index in [4.69, 9.17) is 0 Å². The van der Waals surface area contributed by atoms with Gasteiger partial charge < -0.3 is 0 Å². The van der Waals surface area contributed by atoms with Crippen LogP contribution in [0.2, 0.25) is 0 Å². The molecule has 2 unspecified atom stereocenters. The van der Waals surface area contributed by atoms with Crippen LogP contribution in [-0.2, 0) is 0 Å². The first kappa shape index (κ1) is 9.09. The molecule has 11 heavy (non-hydrogen) atoms. The molecule has 2 atom stereocenters. The molecule has 0 saturated heterocycles. The van der Waals surface area contributed by atoms with Crippen LogP contribution in [0, 0.1) is 17.3 Å². The van der Waals surface area contributed by atoms with E-state index in [2.05, 4.69) is 27.7 Å². The normalized spacial score (nSPS) is 37.4. The highest BCUT2D eigenvalue weighted by atomic mass is 14.5. The van der Waals surface area contributed by atoms with Crippen molar-refractivity contribution >= 4 is 0 Å². The van der Waals surface area contributed by atoms with Crippen molar-refractivity contribution in [3.63, 3.8) is 0 Å². The Morgan fingerprint density at radius 1 is 1.45 bits per heavy atom. The lowest BCUT2D eigenvalue weighted by molar-refractivity contribution is 0.00522. The number of hydrogen-bond acceptors (Lipinski definition) is 0. The summed E-state index contributed by atoms with van der Waals surface area (Å²) >= 11 is 0. The lowest BCUT2D eigenvalue weighted by Gasteiger charge is -2.50. The molecule has 0 aromatic heterocycles. The first-order valence-corrected chi connectivity index (χ1v) is 5.10. The van der Waals surface area contributed by atoms with Crippen LogP contribution in [0.25, 0.3) is 0 Å². The quantitative estimate of drug-likeness (QED) is 0.579. The van der Waals surface area contributed by atoms with Crippen molar-refractivity contribution in [1.82, 2.24) is 0 Å². The zero-order valence-corrected chi connectivity index (χ0v) is 8.48. The van der Waals surface area contributed by atoms with Gasteiger partial charge in [0, 0.05) is 0 Å². The molecule has 1 rings (SSSR count). The second kappa shape index (κ2) is 3.16. The van der Waals surface area contributed by atoms with Crippen LogP contribution < -0.4 is 0 Å². The van der Waals surface area contributed by atoms with Gasteiger partial charge >= 0.3 is 0 Å². The van der Waals surface area contributed by atoms with Crippen molar-refractivity contribution in [2.75, 3.05) is 0 Å². The van der Waals surface area contributed by atoms with Crippen molar-refractivity contribution in [2.24, 2.45) is 17.3 Å². The first-order valence-electron chi connectivity index (χ1n) is 5.10. The van der Waals surface area contributed by atoms with Crippen molar-refractivity contribution in [3.8, 4) is 0 Å².